The Kier molecular flexibility index (Phi) is 4.24. The zero-order valence-corrected chi connectivity index (χ0v) is 12.3. The number of anilines is 1. The summed E-state index contributed by atoms with van der Waals surface area (Å²) in [5, 5.41) is 6.05. The number of rotatable bonds is 3. The number of carbonyl (C=O) groups excluding carboxylic acids is 1. The van der Waals surface area contributed by atoms with E-state index in [1.165, 1.54) is 5.56 Å². The second kappa shape index (κ2) is 5.71. The van der Waals surface area contributed by atoms with Gasteiger partial charge in [0.2, 0.25) is 5.91 Å². The standard InChI is InChI=1S/C13H18BrN3O/c1-9(15-2)10-3-4-12(11(14)7-10)17-6-5-16-13(18)8-17/h3-4,7,9,15H,5-6,8H2,1-2H3,(H,16,18). The number of halogens is 1. The molecule has 4 nitrogen and oxygen atoms in total. The van der Waals surface area contributed by atoms with Crippen molar-refractivity contribution < 1.29 is 4.79 Å². The molecule has 2 rings (SSSR count). The quantitative estimate of drug-likeness (QED) is 0.892. The number of amides is 1. The van der Waals surface area contributed by atoms with E-state index in [4.69, 9.17) is 0 Å². The number of benzene rings is 1. The number of hydrogen-bond donors (Lipinski definition) is 2. The number of hydrogen-bond acceptors (Lipinski definition) is 3. The maximum atomic E-state index is 11.4. The zero-order valence-electron chi connectivity index (χ0n) is 10.7. The van der Waals surface area contributed by atoms with Gasteiger partial charge in [0.25, 0.3) is 0 Å². The third-order valence-corrected chi connectivity index (χ3v) is 3.92. The molecule has 0 aliphatic carbocycles. The van der Waals surface area contributed by atoms with Crippen LogP contribution in [0.5, 0.6) is 0 Å². The molecule has 1 amide bonds. The van der Waals surface area contributed by atoms with Crippen LogP contribution < -0.4 is 15.5 Å². The molecule has 1 aliphatic heterocycles. The first-order chi connectivity index (χ1) is 8.61. The van der Waals surface area contributed by atoms with Crippen LogP contribution in [0.25, 0.3) is 0 Å². The summed E-state index contributed by atoms with van der Waals surface area (Å²) in [7, 11) is 1.95. The van der Waals surface area contributed by atoms with E-state index in [1.54, 1.807) is 0 Å². The number of nitrogens with zero attached hydrogens (tertiary/aromatic N) is 1. The molecule has 0 spiro atoms. The Bertz CT molecular complexity index is 450. The molecule has 1 aliphatic rings. The van der Waals surface area contributed by atoms with E-state index in [0.29, 0.717) is 19.1 Å². The third-order valence-electron chi connectivity index (χ3n) is 3.28. The van der Waals surface area contributed by atoms with E-state index in [9.17, 15) is 4.79 Å². The highest BCUT2D eigenvalue weighted by molar-refractivity contribution is 9.10. The molecule has 18 heavy (non-hydrogen) atoms. The van der Waals surface area contributed by atoms with Crippen molar-refractivity contribution in [3.63, 3.8) is 0 Å². The van der Waals surface area contributed by atoms with Gasteiger partial charge in [0, 0.05) is 23.6 Å². The summed E-state index contributed by atoms with van der Waals surface area (Å²) in [5.41, 5.74) is 2.31. The smallest absolute Gasteiger partial charge is 0.239 e. The Morgan fingerprint density at radius 2 is 2.28 bits per heavy atom. The van der Waals surface area contributed by atoms with Crippen LogP contribution in [0.3, 0.4) is 0 Å². The van der Waals surface area contributed by atoms with Crippen LogP contribution >= 0.6 is 15.9 Å². The van der Waals surface area contributed by atoms with Crippen LogP contribution in [-0.4, -0.2) is 32.6 Å². The van der Waals surface area contributed by atoms with E-state index in [-0.39, 0.29) is 5.91 Å². The van der Waals surface area contributed by atoms with E-state index in [0.717, 1.165) is 16.7 Å². The molecule has 98 valence electrons. The summed E-state index contributed by atoms with van der Waals surface area (Å²) in [5.74, 6) is 0.0841. The minimum absolute atomic E-state index is 0.0841. The lowest BCUT2D eigenvalue weighted by Crippen LogP contribution is -2.47. The first-order valence-corrected chi connectivity index (χ1v) is 6.89. The van der Waals surface area contributed by atoms with Crippen LogP contribution in [0.15, 0.2) is 22.7 Å². The van der Waals surface area contributed by atoms with Crippen LogP contribution in [-0.2, 0) is 4.79 Å². The maximum absolute atomic E-state index is 11.4. The minimum Gasteiger partial charge on any atom is -0.360 e. The highest BCUT2D eigenvalue weighted by atomic mass is 79.9. The molecule has 0 saturated carbocycles. The van der Waals surface area contributed by atoms with E-state index >= 15 is 0 Å². The van der Waals surface area contributed by atoms with Crippen molar-refractivity contribution >= 4 is 27.5 Å². The summed E-state index contributed by atoms with van der Waals surface area (Å²) in [6.45, 7) is 4.11. The van der Waals surface area contributed by atoms with Crippen molar-refractivity contribution in [3.8, 4) is 0 Å². The molecule has 1 unspecified atom stereocenters. The van der Waals surface area contributed by atoms with Crippen molar-refractivity contribution in [2.45, 2.75) is 13.0 Å². The fourth-order valence-electron chi connectivity index (χ4n) is 2.06. The highest BCUT2D eigenvalue weighted by Crippen LogP contribution is 2.29. The highest BCUT2D eigenvalue weighted by Gasteiger charge is 2.18. The van der Waals surface area contributed by atoms with Crippen molar-refractivity contribution in [1.29, 1.82) is 0 Å². The Labute approximate surface area is 116 Å². The molecule has 1 heterocycles. The van der Waals surface area contributed by atoms with E-state index < -0.39 is 0 Å². The first-order valence-electron chi connectivity index (χ1n) is 6.10. The van der Waals surface area contributed by atoms with Crippen molar-refractivity contribution in [2.75, 3.05) is 31.6 Å². The molecule has 1 aromatic rings. The van der Waals surface area contributed by atoms with Crippen LogP contribution in [0.1, 0.15) is 18.5 Å². The molecule has 5 heteroatoms. The number of piperazine rings is 1. The van der Waals surface area contributed by atoms with E-state index in [2.05, 4.69) is 56.6 Å². The molecule has 1 aromatic carbocycles. The molecule has 1 atom stereocenters. The van der Waals surface area contributed by atoms with Crippen molar-refractivity contribution in [3.05, 3.63) is 28.2 Å². The predicted octanol–water partition coefficient (Wildman–Crippen LogP) is 1.67. The van der Waals surface area contributed by atoms with Crippen molar-refractivity contribution in [2.24, 2.45) is 0 Å². The number of nitrogens with one attached hydrogen (secondary N) is 2. The lowest BCUT2D eigenvalue weighted by atomic mass is 10.1. The molecule has 2 N–H and O–H groups in total. The van der Waals surface area contributed by atoms with Gasteiger partial charge in [-0.15, -0.1) is 0 Å². The van der Waals surface area contributed by atoms with Gasteiger partial charge in [0.1, 0.15) is 0 Å². The van der Waals surface area contributed by atoms with Crippen LogP contribution in [0, 0.1) is 0 Å². The van der Waals surface area contributed by atoms with Gasteiger partial charge >= 0.3 is 0 Å². The van der Waals surface area contributed by atoms with Gasteiger partial charge in [-0.3, -0.25) is 4.79 Å². The van der Waals surface area contributed by atoms with Gasteiger partial charge < -0.3 is 15.5 Å². The Balaban J connectivity index is 2.21. The second-order valence-corrected chi connectivity index (χ2v) is 5.35. The molecule has 0 radical (unpaired) electrons. The monoisotopic (exact) mass is 311 g/mol. The molecule has 1 fully saturated rings. The summed E-state index contributed by atoms with van der Waals surface area (Å²) in [6.07, 6.45) is 0. The fraction of sp³-hybridized carbons (Fsp3) is 0.462. The minimum atomic E-state index is 0.0841. The lowest BCUT2D eigenvalue weighted by molar-refractivity contribution is -0.120. The summed E-state index contributed by atoms with van der Waals surface area (Å²) >= 11 is 3.60. The SMILES string of the molecule is CNC(C)c1ccc(N2CCNC(=O)C2)c(Br)c1. The Morgan fingerprint density at radius 3 is 2.89 bits per heavy atom. The summed E-state index contributed by atoms with van der Waals surface area (Å²) < 4.78 is 1.04. The molecular weight excluding hydrogens is 294 g/mol. The summed E-state index contributed by atoms with van der Waals surface area (Å²) in [4.78, 5) is 13.5. The Hall–Kier alpha value is -1.07. The van der Waals surface area contributed by atoms with Gasteiger partial charge in [-0.1, -0.05) is 6.07 Å². The third kappa shape index (κ3) is 2.84. The average molecular weight is 312 g/mol. The van der Waals surface area contributed by atoms with Gasteiger partial charge in [-0.2, -0.15) is 0 Å². The maximum Gasteiger partial charge on any atom is 0.239 e. The van der Waals surface area contributed by atoms with Crippen molar-refractivity contribution in [1.82, 2.24) is 10.6 Å². The lowest BCUT2D eigenvalue weighted by Gasteiger charge is -2.29. The summed E-state index contributed by atoms with van der Waals surface area (Å²) in [6, 6.07) is 6.61. The van der Waals surface area contributed by atoms with Gasteiger partial charge in [0.05, 0.1) is 12.2 Å². The molecule has 1 saturated heterocycles. The average Bonchev–Trinajstić information content (AvgIpc) is 2.37. The van der Waals surface area contributed by atoms with Gasteiger partial charge in [-0.25, -0.2) is 0 Å². The second-order valence-electron chi connectivity index (χ2n) is 4.49. The molecule has 0 aromatic heterocycles. The fourth-order valence-corrected chi connectivity index (χ4v) is 2.71. The molecular formula is C13H18BrN3O. The van der Waals surface area contributed by atoms with E-state index in [1.807, 2.05) is 7.05 Å². The predicted molar refractivity (Wildman–Crippen MR) is 76.8 cm³/mol. The zero-order chi connectivity index (χ0) is 13.1. The van der Waals surface area contributed by atoms with Gasteiger partial charge in [0.15, 0.2) is 0 Å². The normalized spacial score (nSPS) is 17.5. The molecule has 0 bridgehead atoms. The first kappa shape index (κ1) is 13.4. The van der Waals surface area contributed by atoms with Crippen LogP contribution in [0.4, 0.5) is 5.69 Å². The Morgan fingerprint density at radius 1 is 1.50 bits per heavy atom. The topological polar surface area (TPSA) is 44.4 Å². The largest absolute Gasteiger partial charge is 0.360 e. The van der Waals surface area contributed by atoms with Gasteiger partial charge in [-0.05, 0) is 47.6 Å². The van der Waals surface area contributed by atoms with Crippen LogP contribution in [0.2, 0.25) is 0 Å². The number of carbonyl (C=O) groups is 1.